The lowest BCUT2D eigenvalue weighted by molar-refractivity contribution is 0.294. The molecule has 2 rings (SSSR count). The minimum Gasteiger partial charge on any atom is -0.330 e. The summed E-state index contributed by atoms with van der Waals surface area (Å²) >= 11 is 0. The van der Waals surface area contributed by atoms with Gasteiger partial charge in [0, 0.05) is 23.9 Å². The molecule has 2 heterocycles. The molecule has 1 saturated heterocycles. The van der Waals surface area contributed by atoms with Gasteiger partial charge in [0.2, 0.25) is 0 Å². The number of hydrogen-bond donors (Lipinski definition) is 2. The van der Waals surface area contributed by atoms with Crippen molar-refractivity contribution in [3.63, 3.8) is 0 Å². The number of hydrogen-bond acceptors (Lipinski definition) is 3. The number of aromatic nitrogens is 1. The Morgan fingerprint density at radius 3 is 3.21 bits per heavy atom. The van der Waals surface area contributed by atoms with E-state index in [-0.39, 0.29) is 5.41 Å². The molecule has 0 bridgehead atoms. The highest BCUT2D eigenvalue weighted by atomic mass is 15.0. The Morgan fingerprint density at radius 2 is 2.57 bits per heavy atom. The molecule has 14 heavy (non-hydrogen) atoms. The van der Waals surface area contributed by atoms with E-state index < -0.39 is 0 Å². The molecule has 1 fully saturated rings. The summed E-state index contributed by atoms with van der Waals surface area (Å²) in [6.45, 7) is 4.01. The summed E-state index contributed by atoms with van der Waals surface area (Å²) < 4.78 is 0. The Labute approximate surface area is 84.7 Å². The topological polar surface area (TPSA) is 50.9 Å². The van der Waals surface area contributed by atoms with Gasteiger partial charge in [-0.15, -0.1) is 0 Å². The highest BCUT2D eigenvalue weighted by Gasteiger charge is 2.38. The average Bonchev–Trinajstić information content (AvgIpc) is 2.63. The number of rotatable bonds is 2. The summed E-state index contributed by atoms with van der Waals surface area (Å²) in [4.78, 5) is 4.15. The van der Waals surface area contributed by atoms with E-state index in [1.165, 1.54) is 5.56 Å². The lowest BCUT2D eigenvalue weighted by Gasteiger charge is -2.29. The van der Waals surface area contributed by atoms with Crippen LogP contribution in [-0.4, -0.2) is 18.1 Å². The van der Waals surface area contributed by atoms with Crippen LogP contribution in [0.2, 0.25) is 0 Å². The molecule has 0 aliphatic carbocycles. The molecule has 3 heteroatoms. The van der Waals surface area contributed by atoms with Crippen LogP contribution in [0.25, 0.3) is 0 Å². The predicted molar refractivity (Wildman–Crippen MR) is 56.8 cm³/mol. The van der Waals surface area contributed by atoms with Crippen molar-refractivity contribution in [1.82, 2.24) is 10.3 Å². The van der Waals surface area contributed by atoms with Gasteiger partial charge in [0.15, 0.2) is 0 Å². The highest BCUT2D eigenvalue weighted by molar-refractivity contribution is 5.19. The van der Waals surface area contributed by atoms with Crippen molar-refractivity contribution >= 4 is 0 Å². The molecule has 1 aromatic heterocycles. The molecule has 76 valence electrons. The minimum atomic E-state index is 0.184. The van der Waals surface area contributed by atoms with Gasteiger partial charge in [0.05, 0.1) is 0 Å². The van der Waals surface area contributed by atoms with Crippen LogP contribution < -0.4 is 11.1 Å². The van der Waals surface area contributed by atoms with Crippen LogP contribution in [0.15, 0.2) is 24.5 Å². The van der Waals surface area contributed by atoms with Crippen molar-refractivity contribution < 1.29 is 0 Å². The largest absolute Gasteiger partial charge is 0.330 e. The van der Waals surface area contributed by atoms with E-state index in [9.17, 15) is 0 Å². The molecule has 0 amide bonds. The number of nitrogens with one attached hydrogen (secondary N) is 1. The van der Waals surface area contributed by atoms with Gasteiger partial charge >= 0.3 is 0 Å². The van der Waals surface area contributed by atoms with Crippen LogP contribution in [0.1, 0.15) is 24.9 Å². The fraction of sp³-hybridized carbons (Fsp3) is 0.545. The lowest BCUT2D eigenvalue weighted by atomic mass is 9.80. The summed E-state index contributed by atoms with van der Waals surface area (Å²) in [6.07, 6.45) is 4.87. The van der Waals surface area contributed by atoms with Gasteiger partial charge in [-0.2, -0.15) is 0 Å². The van der Waals surface area contributed by atoms with Crippen LogP contribution in [0, 0.1) is 5.41 Å². The molecular weight excluding hydrogens is 174 g/mol. The molecule has 2 atom stereocenters. The first-order chi connectivity index (χ1) is 6.76. The first-order valence-corrected chi connectivity index (χ1v) is 5.10. The Kier molecular flexibility index (Phi) is 2.52. The van der Waals surface area contributed by atoms with E-state index in [0.717, 1.165) is 19.5 Å². The van der Waals surface area contributed by atoms with Gasteiger partial charge in [0.1, 0.15) is 0 Å². The third kappa shape index (κ3) is 1.53. The Hall–Kier alpha value is -0.930. The van der Waals surface area contributed by atoms with Crippen molar-refractivity contribution in [2.24, 2.45) is 11.1 Å². The lowest BCUT2D eigenvalue weighted by Crippen LogP contribution is -2.33. The van der Waals surface area contributed by atoms with Crippen LogP contribution in [0.4, 0.5) is 0 Å². The van der Waals surface area contributed by atoms with E-state index in [2.05, 4.69) is 23.3 Å². The van der Waals surface area contributed by atoms with E-state index in [1.54, 1.807) is 6.20 Å². The summed E-state index contributed by atoms with van der Waals surface area (Å²) in [7, 11) is 0. The van der Waals surface area contributed by atoms with Gasteiger partial charge in [-0.25, -0.2) is 0 Å². The Bertz CT molecular complexity index is 299. The zero-order valence-electron chi connectivity index (χ0n) is 8.53. The van der Waals surface area contributed by atoms with Crippen LogP contribution >= 0.6 is 0 Å². The van der Waals surface area contributed by atoms with Crippen LogP contribution in [0.3, 0.4) is 0 Å². The van der Waals surface area contributed by atoms with Crippen molar-refractivity contribution in [3.05, 3.63) is 30.1 Å². The molecular formula is C11H17N3. The molecule has 0 aromatic carbocycles. The second-order valence-corrected chi connectivity index (χ2v) is 4.28. The molecule has 0 unspecified atom stereocenters. The van der Waals surface area contributed by atoms with Gasteiger partial charge in [0.25, 0.3) is 0 Å². The Morgan fingerprint density at radius 1 is 1.71 bits per heavy atom. The second kappa shape index (κ2) is 3.67. The molecule has 0 spiro atoms. The van der Waals surface area contributed by atoms with Crippen molar-refractivity contribution in [1.29, 1.82) is 0 Å². The van der Waals surface area contributed by atoms with Crippen LogP contribution in [-0.2, 0) is 0 Å². The number of pyridine rings is 1. The summed E-state index contributed by atoms with van der Waals surface area (Å²) in [5.74, 6) is 0. The van der Waals surface area contributed by atoms with Gasteiger partial charge in [-0.05, 0) is 31.1 Å². The monoisotopic (exact) mass is 191 g/mol. The van der Waals surface area contributed by atoms with Gasteiger partial charge in [-0.1, -0.05) is 13.0 Å². The molecule has 0 saturated carbocycles. The zero-order chi connectivity index (χ0) is 10.0. The smallest absolute Gasteiger partial charge is 0.0402 e. The van der Waals surface area contributed by atoms with E-state index in [0.29, 0.717) is 6.04 Å². The maximum atomic E-state index is 5.84. The standard InChI is InChI=1S/C11H17N3/c1-11(8-12)4-6-14-10(11)9-3-2-5-13-7-9/h2-3,5,7,10,14H,4,6,8,12H2,1H3/t10-,11+/m0/s1. The van der Waals surface area contributed by atoms with E-state index >= 15 is 0 Å². The maximum Gasteiger partial charge on any atom is 0.0402 e. The molecule has 3 nitrogen and oxygen atoms in total. The Balaban J connectivity index is 2.26. The first kappa shape index (κ1) is 9.62. The predicted octanol–water partition coefficient (Wildman–Crippen LogP) is 1.08. The molecule has 1 aromatic rings. The second-order valence-electron chi connectivity index (χ2n) is 4.28. The zero-order valence-corrected chi connectivity index (χ0v) is 8.53. The van der Waals surface area contributed by atoms with Gasteiger partial charge in [-0.3, -0.25) is 4.98 Å². The fourth-order valence-corrected chi connectivity index (χ4v) is 2.18. The van der Waals surface area contributed by atoms with Crippen LogP contribution in [0.5, 0.6) is 0 Å². The third-order valence-electron chi connectivity index (χ3n) is 3.23. The van der Waals surface area contributed by atoms with E-state index in [1.807, 2.05) is 12.3 Å². The molecule has 1 aliphatic heterocycles. The number of nitrogens with zero attached hydrogens (tertiary/aromatic N) is 1. The van der Waals surface area contributed by atoms with Crippen molar-refractivity contribution in [2.75, 3.05) is 13.1 Å². The normalized spacial score (nSPS) is 32.0. The summed E-state index contributed by atoms with van der Waals surface area (Å²) in [6, 6.07) is 4.46. The van der Waals surface area contributed by atoms with Gasteiger partial charge < -0.3 is 11.1 Å². The molecule has 1 aliphatic rings. The van der Waals surface area contributed by atoms with Crippen molar-refractivity contribution in [2.45, 2.75) is 19.4 Å². The third-order valence-corrected chi connectivity index (χ3v) is 3.23. The van der Waals surface area contributed by atoms with Crippen molar-refractivity contribution in [3.8, 4) is 0 Å². The molecule has 3 N–H and O–H groups in total. The summed E-state index contributed by atoms with van der Waals surface area (Å²) in [5, 5.41) is 3.49. The molecule has 0 radical (unpaired) electrons. The first-order valence-electron chi connectivity index (χ1n) is 5.10. The summed E-state index contributed by atoms with van der Waals surface area (Å²) in [5.41, 5.74) is 7.27. The maximum absolute atomic E-state index is 5.84. The number of nitrogens with two attached hydrogens (primary N) is 1. The fourth-order valence-electron chi connectivity index (χ4n) is 2.18. The highest BCUT2D eigenvalue weighted by Crippen LogP contribution is 2.39. The minimum absolute atomic E-state index is 0.184. The average molecular weight is 191 g/mol. The quantitative estimate of drug-likeness (QED) is 0.735. The SMILES string of the molecule is C[C@]1(CN)CCN[C@H]1c1cccnc1. The van der Waals surface area contributed by atoms with E-state index in [4.69, 9.17) is 5.73 Å².